The lowest BCUT2D eigenvalue weighted by atomic mass is 10.0. The highest BCUT2D eigenvalue weighted by Gasteiger charge is 2.79. The average Bonchev–Trinajstić information content (AvgIpc) is 2.68. The zero-order chi connectivity index (χ0) is 15.0. The molecular formula is C13H23F2NO3S. The van der Waals surface area contributed by atoms with Gasteiger partial charge < -0.3 is 4.74 Å². The van der Waals surface area contributed by atoms with Crippen molar-refractivity contribution in [2.45, 2.75) is 38.5 Å². The van der Waals surface area contributed by atoms with Gasteiger partial charge in [0.1, 0.15) is 0 Å². The quantitative estimate of drug-likeness (QED) is 0.782. The van der Waals surface area contributed by atoms with Gasteiger partial charge in [-0.2, -0.15) is 0 Å². The molecule has 7 heteroatoms. The lowest BCUT2D eigenvalue weighted by molar-refractivity contribution is 0.0590. The van der Waals surface area contributed by atoms with Crippen LogP contribution in [0.2, 0.25) is 0 Å². The number of rotatable bonds is 7. The van der Waals surface area contributed by atoms with Crippen LogP contribution in [-0.2, 0) is 14.8 Å². The molecule has 0 saturated heterocycles. The van der Waals surface area contributed by atoms with Crippen LogP contribution in [0.25, 0.3) is 0 Å². The highest BCUT2D eigenvalue weighted by atomic mass is 32.2. The minimum atomic E-state index is -3.52. The van der Waals surface area contributed by atoms with Gasteiger partial charge in [-0.3, -0.25) is 0 Å². The Kier molecular flexibility index (Phi) is 4.43. The van der Waals surface area contributed by atoms with Crippen molar-refractivity contribution in [1.29, 1.82) is 0 Å². The molecule has 2 aliphatic carbocycles. The van der Waals surface area contributed by atoms with Crippen LogP contribution in [-0.4, -0.2) is 40.4 Å². The minimum absolute atomic E-state index is 0.0911. The Balaban J connectivity index is 1.87. The zero-order valence-corrected chi connectivity index (χ0v) is 12.8. The fourth-order valence-corrected chi connectivity index (χ4v) is 4.96. The monoisotopic (exact) mass is 311 g/mol. The largest absolute Gasteiger partial charge is 0.384 e. The molecule has 2 fully saturated rings. The topological polar surface area (TPSA) is 55.4 Å². The molecule has 0 heterocycles. The summed E-state index contributed by atoms with van der Waals surface area (Å²) in [6, 6.07) is 0. The number of hydrogen-bond acceptors (Lipinski definition) is 3. The van der Waals surface area contributed by atoms with E-state index in [0.29, 0.717) is 19.4 Å². The summed E-state index contributed by atoms with van der Waals surface area (Å²) in [5, 5.41) is 0. The highest BCUT2D eigenvalue weighted by molar-refractivity contribution is 7.89. The minimum Gasteiger partial charge on any atom is -0.384 e. The molecule has 1 spiro atoms. The average molecular weight is 311 g/mol. The molecule has 0 aromatic carbocycles. The summed E-state index contributed by atoms with van der Waals surface area (Å²) >= 11 is 0. The molecule has 1 N–H and O–H groups in total. The first-order chi connectivity index (χ1) is 9.25. The predicted molar refractivity (Wildman–Crippen MR) is 72.2 cm³/mol. The van der Waals surface area contributed by atoms with E-state index < -0.39 is 27.3 Å². The van der Waals surface area contributed by atoms with E-state index in [4.69, 9.17) is 4.74 Å². The first-order valence-electron chi connectivity index (χ1n) is 7.09. The summed E-state index contributed by atoms with van der Waals surface area (Å²) < 4.78 is 58.7. The Bertz CT molecular complexity index is 447. The van der Waals surface area contributed by atoms with Crippen molar-refractivity contribution in [2.75, 3.05) is 26.0 Å². The van der Waals surface area contributed by atoms with Crippen molar-refractivity contribution in [3.05, 3.63) is 0 Å². The van der Waals surface area contributed by atoms with E-state index >= 15 is 0 Å². The first kappa shape index (κ1) is 16.1. The predicted octanol–water partition coefficient (Wildman–Crippen LogP) is 2.01. The van der Waals surface area contributed by atoms with Gasteiger partial charge in [-0.05, 0) is 18.8 Å². The van der Waals surface area contributed by atoms with Gasteiger partial charge in [0.15, 0.2) is 0 Å². The van der Waals surface area contributed by atoms with E-state index in [2.05, 4.69) is 4.72 Å². The second-order valence-electron chi connectivity index (χ2n) is 6.23. The van der Waals surface area contributed by atoms with Crippen molar-refractivity contribution in [3.8, 4) is 0 Å². The Morgan fingerprint density at radius 2 is 1.95 bits per heavy atom. The van der Waals surface area contributed by atoms with E-state index in [0.717, 1.165) is 12.8 Å². The van der Waals surface area contributed by atoms with Gasteiger partial charge in [0, 0.05) is 31.6 Å². The molecule has 0 radical (unpaired) electrons. The third-order valence-corrected chi connectivity index (χ3v) is 6.26. The Hall–Kier alpha value is -0.270. The zero-order valence-electron chi connectivity index (χ0n) is 12.0. The molecule has 2 saturated carbocycles. The molecule has 20 heavy (non-hydrogen) atoms. The van der Waals surface area contributed by atoms with Gasteiger partial charge in [-0.15, -0.1) is 0 Å². The molecule has 2 aliphatic rings. The van der Waals surface area contributed by atoms with Crippen LogP contribution in [0.1, 0.15) is 32.6 Å². The Morgan fingerprint density at radius 3 is 2.50 bits per heavy atom. The number of alkyl halides is 2. The van der Waals surface area contributed by atoms with Crippen LogP contribution in [0.5, 0.6) is 0 Å². The molecule has 0 aliphatic heterocycles. The van der Waals surface area contributed by atoms with Crippen LogP contribution < -0.4 is 4.72 Å². The van der Waals surface area contributed by atoms with Gasteiger partial charge in [0.05, 0.1) is 5.75 Å². The lowest BCUT2D eigenvalue weighted by Gasteiger charge is -2.12. The SMILES string of the molecule is COCC(C)CS(=O)(=O)NCC1C(F)(F)C12CCCC2. The summed E-state index contributed by atoms with van der Waals surface area (Å²) in [6.07, 6.45) is 2.69. The molecule has 118 valence electrons. The number of hydrogen-bond donors (Lipinski definition) is 1. The van der Waals surface area contributed by atoms with Crippen molar-refractivity contribution in [2.24, 2.45) is 17.3 Å². The summed E-state index contributed by atoms with van der Waals surface area (Å²) in [6.45, 7) is 1.95. The summed E-state index contributed by atoms with van der Waals surface area (Å²) in [7, 11) is -2.01. The van der Waals surface area contributed by atoms with E-state index in [9.17, 15) is 17.2 Å². The molecule has 2 atom stereocenters. The van der Waals surface area contributed by atoms with Gasteiger partial charge in [0.25, 0.3) is 5.92 Å². The second kappa shape index (κ2) is 5.50. The molecule has 0 aromatic heterocycles. The molecule has 4 nitrogen and oxygen atoms in total. The number of sulfonamides is 1. The highest BCUT2D eigenvalue weighted by Crippen LogP contribution is 2.72. The fraction of sp³-hybridized carbons (Fsp3) is 1.00. The van der Waals surface area contributed by atoms with Crippen molar-refractivity contribution >= 4 is 10.0 Å². The van der Waals surface area contributed by atoms with E-state index in [1.807, 2.05) is 0 Å². The maximum Gasteiger partial charge on any atom is 0.258 e. The molecule has 0 aromatic rings. The number of halogens is 2. The molecular weight excluding hydrogens is 288 g/mol. The van der Waals surface area contributed by atoms with Crippen LogP contribution >= 0.6 is 0 Å². The third kappa shape index (κ3) is 2.85. The summed E-state index contributed by atoms with van der Waals surface area (Å²) in [5.41, 5.74) is -0.923. The number of methoxy groups -OCH3 is 1. The Labute approximate surface area is 119 Å². The van der Waals surface area contributed by atoms with E-state index in [-0.39, 0.29) is 18.2 Å². The summed E-state index contributed by atoms with van der Waals surface area (Å²) in [4.78, 5) is 0. The van der Waals surface area contributed by atoms with Gasteiger partial charge in [-0.25, -0.2) is 21.9 Å². The smallest absolute Gasteiger partial charge is 0.258 e. The standard InChI is InChI=1S/C13H23F2NO3S/c1-10(8-19-2)9-20(17,18)16-7-11-12(13(11,14)15)5-3-4-6-12/h10-11,16H,3-9H2,1-2H3. The van der Waals surface area contributed by atoms with Crippen LogP contribution in [0.15, 0.2) is 0 Å². The Morgan fingerprint density at radius 1 is 1.35 bits per heavy atom. The molecule has 0 bridgehead atoms. The van der Waals surface area contributed by atoms with Crippen molar-refractivity contribution in [3.63, 3.8) is 0 Å². The first-order valence-corrected chi connectivity index (χ1v) is 8.74. The normalized spacial score (nSPS) is 28.7. The summed E-state index contributed by atoms with van der Waals surface area (Å²) in [5.74, 6) is -3.78. The fourth-order valence-electron chi connectivity index (χ4n) is 3.58. The lowest BCUT2D eigenvalue weighted by Crippen LogP contribution is -2.32. The van der Waals surface area contributed by atoms with Crippen LogP contribution in [0.4, 0.5) is 8.78 Å². The molecule has 2 unspecified atom stereocenters. The van der Waals surface area contributed by atoms with Crippen LogP contribution in [0.3, 0.4) is 0 Å². The van der Waals surface area contributed by atoms with E-state index in [1.165, 1.54) is 7.11 Å². The van der Waals surface area contributed by atoms with Gasteiger partial charge >= 0.3 is 0 Å². The van der Waals surface area contributed by atoms with E-state index in [1.54, 1.807) is 6.92 Å². The maximum absolute atomic E-state index is 13.9. The maximum atomic E-state index is 13.9. The van der Waals surface area contributed by atoms with Gasteiger partial charge in [-0.1, -0.05) is 19.8 Å². The second-order valence-corrected chi connectivity index (χ2v) is 8.08. The number of nitrogens with one attached hydrogen (secondary N) is 1. The molecule has 0 amide bonds. The van der Waals surface area contributed by atoms with Crippen molar-refractivity contribution < 1.29 is 21.9 Å². The van der Waals surface area contributed by atoms with Crippen LogP contribution in [0, 0.1) is 17.3 Å². The van der Waals surface area contributed by atoms with Crippen molar-refractivity contribution in [1.82, 2.24) is 4.72 Å². The number of ether oxygens (including phenoxy) is 1. The van der Waals surface area contributed by atoms with Gasteiger partial charge in [0.2, 0.25) is 10.0 Å². The molecule has 2 rings (SSSR count). The third-order valence-electron chi connectivity index (χ3n) is 4.64.